The van der Waals surface area contributed by atoms with E-state index in [1.165, 1.54) is 10.8 Å². The van der Waals surface area contributed by atoms with Crippen LogP contribution >= 0.6 is 0 Å². The third-order valence-corrected chi connectivity index (χ3v) is 14.8. The first-order valence-electron chi connectivity index (χ1n) is 16.4. The van der Waals surface area contributed by atoms with Gasteiger partial charge in [0, 0.05) is 55.8 Å². The highest BCUT2D eigenvalue weighted by Crippen LogP contribution is 2.48. The van der Waals surface area contributed by atoms with E-state index < -0.39 is 8.07 Å². The first-order valence-corrected chi connectivity index (χ1v) is 19.5. The van der Waals surface area contributed by atoms with Crippen molar-refractivity contribution in [2.24, 2.45) is 5.92 Å². The van der Waals surface area contributed by atoms with Crippen LogP contribution in [0.2, 0.25) is 18.6 Å². The topological polar surface area (TPSA) is 88.5 Å². The molecule has 0 aromatic heterocycles. The number of rotatable bonds is 9. The lowest BCUT2D eigenvalue weighted by Crippen LogP contribution is -2.56. The number of fused-ring (bicyclic) bond motifs is 2. The molecule has 1 unspecified atom stereocenters. The standard InChI is InChI=1S/C37H46N2O6Si/c1-24-36(44-3)31-20-27(38-18-8-11-34(38)41)12-17-32(31)45-37(24)33(46(4,5)30-15-13-29(43-2)14-16-30)21-35(42)39-22-26-10-7-6-9-25(26)19-28(39)23-40/h6-7,9-10,12-17,20,24,28,33,36-37,40H,8,11,18-19,21-23H2,1-5H3/t24-,28+,33?,36-,37-/m1/s1. The molecule has 0 radical (unpaired) electrons. The van der Waals surface area contributed by atoms with Crippen LogP contribution in [0.5, 0.6) is 11.5 Å². The Morgan fingerprint density at radius 1 is 1.07 bits per heavy atom. The van der Waals surface area contributed by atoms with Crippen LogP contribution in [0.25, 0.3) is 0 Å². The van der Waals surface area contributed by atoms with Crippen LogP contribution in [0.15, 0.2) is 66.7 Å². The molecule has 3 aliphatic heterocycles. The number of methoxy groups -OCH3 is 2. The summed E-state index contributed by atoms with van der Waals surface area (Å²) in [4.78, 5) is 30.7. The Balaban J connectivity index is 1.36. The fraction of sp³-hybridized carbons (Fsp3) is 0.459. The summed E-state index contributed by atoms with van der Waals surface area (Å²) < 4.78 is 18.6. The van der Waals surface area contributed by atoms with Gasteiger partial charge in [-0.1, -0.05) is 61.6 Å². The summed E-state index contributed by atoms with van der Waals surface area (Å²) in [6, 6.07) is 22.1. The molecule has 9 heteroatoms. The Bertz CT molecular complexity index is 1580. The molecule has 46 heavy (non-hydrogen) atoms. The summed E-state index contributed by atoms with van der Waals surface area (Å²) in [6.07, 6.45) is 1.80. The van der Waals surface area contributed by atoms with Crippen molar-refractivity contribution >= 4 is 30.8 Å². The summed E-state index contributed by atoms with van der Waals surface area (Å²) in [5.41, 5.74) is 4.02. The van der Waals surface area contributed by atoms with Crippen molar-refractivity contribution in [1.82, 2.24) is 4.90 Å². The van der Waals surface area contributed by atoms with E-state index >= 15 is 0 Å². The van der Waals surface area contributed by atoms with Crippen LogP contribution in [0, 0.1) is 5.92 Å². The summed E-state index contributed by atoms with van der Waals surface area (Å²) in [7, 11) is 0.984. The Hall–Kier alpha value is -3.66. The number of hydrogen-bond donors (Lipinski definition) is 1. The van der Waals surface area contributed by atoms with Gasteiger partial charge in [0.2, 0.25) is 11.8 Å². The highest BCUT2D eigenvalue weighted by molar-refractivity contribution is 6.91. The van der Waals surface area contributed by atoms with Gasteiger partial charge in [0.05, 0.1) is 33.9 Å². The smallest absolute Gasteiger partial charge is 0.227 e. The van der Waals surface area contributed by atoms with Crippen molar-refractivity contribution in [1.29, 1.82) is 0 Å². The zero-order chi connectivity index (χ0) is 32.6. The van der Waals surface area contributed by atoms with Gasteiger partial charge in [-0.25, -0.2) is 0 Å². The van der Waals surface area contributed by atoms with Crippen LogP contribution in [-0.2, 0) is 27.3 Å². The number of anilines is 1. The lowest BCUT2D eigenvalue weighted by molar-refractivity contribution is -0.136. The molecule has 3 aromatic carbocycles. The number of carbonyl (C=O) groups is 2. The maximum atomic E-state index is 14.4. The van der Waals surface area contributed by atoms with Crippen LogP contribution in [0.4, 0.5) is 5.69 Å². The molecule has 244 valence electrons. The number of nitrogens with zero attached hydrogens (tertiary/aromatic N) is 2. The third-order valence-electron chi connectivity index (χ3n) is 10.6. The number of ether oxygens (including phenoxy) is 3. The predicted molar refractivity (Wildman–Crippen MR) is 181 cm³/mol. The Labute approximate surface area is 273 Å². The summed E-state index contributed by atoms with van der Waals surface area (Å²) in [6.45, 7) is 7.91. The summed E-state index contributed by atoms with van der Waals surface area (Å²) >= 11 is 0. The van der Waals surface area contributed by atoms with Crippen molar-refractivity contribution in [2.45, 2.75) is 76.0 Å². The molecular weight excluding hydrogens is 597 g/mol. The number of aliphatic hydroxyl groups excluding tert-OH is 1. The summed E-state index contributed by atoms with van der Waals surface area (Å²) in [5.74, 6) is 1.64. The lowest BCUT2D eigenvalue weighted by atomic mass is 9.86. The molecular formula is C37H46N2O6Si. The van der Waals surface area contributed by atoms with Gasteiger partial charge in [-0.2, -0.15) is 0 Å². The average molecular weight is 643 g/mol. The van der Waals surface area contributed by atoms with E-state index in [4.69, 9.17) is 14.2 Å². The number of benzene rings is 3. The molecule has 3 heterocycles. The second-order valence-electron chi connectivity index (χ2n) is 13.6. The minimum absolute atomic E-state index is 0.0334. The molecule has 8 nitrogen and oxygen atoms in total. The monoisotopic (exact) mass is 642 g/mol. The average Bonchev–Trinajstić information content (AvgIpc) is 3.51. The number of carbonyl (C=O) groups excluding carboxylic acids is 2. The van der Waals surface area contributed by atoms with Crippen molar-refractivity contribution in [3.63, 3.8) is 0 Å². The van der Waals surface area contributed by atoms with Crippen molar-refractivity contribution in [2.75, 3.05) is 32.3 Å². The van der Waals surface area contributed by atoms with Gasteiger partial charge < -0.3 is 29.1 Å². The first kappa shape index (κ1) is 32.3. The maximum absolute atomic E-state index is 14.4. The second kappa shape index (κ2) is 13.2. The molecule has 1 N–H and O–H groups in total. The molecule has 1 fully saturated rings. The van der Waals surface area contributed by atoms with E-state index in [1.807, 2.05) is 52.3 Å². The van der Waals surface area contributed by atoms with Gasteiger partial charge in [0.15, 0.2) is 0 Å². The predicted octanol–water partition coefficient (Wildman–Crippen LogP) is 5.23. The van der Waals surface area contributed by atoms with Crippen LogP contribution in [0.3, 0.4) is 0 Å². The fourth-order valence-electron chi connectivity index (χ4n) is 7.82. The third kappa shape index (κ3) is 5.96. The van der Waals surface area contributed by atoms with Crippen LogP contribution in [0.1, 0.15) is 49.0 Å². The molecule has 1 saturated heterocycles. The molecule has 5 atom stereocenters. The molecule has 2 amide bonds. The molecule has 6 rings (SSSR count). The van der Waals surface area contributed by atoms with Crippen molar-refractivity contribution in [3.05, 3.63) is 83.4 Å². The highest BCUT2D eigenvalue weighted by atomic mass is 28.3. The molecule has 0 bridgehead atoms. The quantitative estimate of drug-likeness (QED) is 0.322. The Morgan fingerprint density at radius 3 is 2.46 bits per heavy atom. The minimum atomic E-state index is -2.41. The lowest BCUT2D eigenvalue weighted by Gasteiger charge is -2.46. The number of amides is 2. The fourth-order valence-corrected chi connectivity index (χ4v) is 11.2. The van der Waals surface area contributed by atoms with Gasteiger partial charge in [-0.05, 0) is 54.3 Å². The molecule has 3 aliphatic rings. The van der Waals surface area contributed by atoms with Crippen LogP contribution in [-0.4, -0.2) is 69.4 Å². The normalized spacial score (nSPS) is 23.4. The summed E-state index contributed by atoms with van der Waals surface area (Å²) in [5, 5.41) is 11.6. The largest absolute Gasteiger partial charge is 0.497 e. The second-order valence-corrected chi connectivity index (χ2v) is 18.3. The number of hydrogen-bond acceptors (Lipinski definition) is 6. The van der Waals surface area contributed by atoms with E-state index in [-0.39, 0.29) is 48.1 Å². The Morgan fingerprint density at radius 2 is 1.80 bits per heavy atom. The highest BCUT2D eigenvalue weighted by Gasteiger charge is 2.49. The SMILES string of the molecule is COc1ccc([Si](C)(C)C(CC(=O)N2Cc3ccccc3C[C@H]2CO)[C@@H]2Oc3ccc(N4CCCC4=O)cc3[C@H](OC)[C@H]2C)cc1. The van der Waals surface area contributed by atoms with E-state index in [2.05, 4.69) is 44.3 Å². The van der Waals surface area contributed by atoms with Crippen molar-refractivity contribution in [3.8, 4) is 11.5 Å². The van der Waals surface area contributed by atoms with E-state index in [9.17, 15) is 14.7 Å². The van der Waals surface area contributed by atoms with Gasteiger partial charge >= 0.3 is 0 Å². The van der Waals surface area contributed by atoms with E-state index in [1.54, 1.807) is 14.2 Å². The zero-order valence-corrected chi connectivity index (χ0v) is 28.6. The maximum Gasteiger partial charge on any atom is 0.227 e. The van der Waals surface area contributed by atoms with E-state index in [0.29, 0.717) is 25.8 Å². The van der Waals surface area contributed by atoms with Gasteiger partial charge in [0.1, 0.15) is 17.6 Å². The Kier molecular flexibility index (Phi) is 9.28. The minimum Gasteiger partial charge on any atom is -0.497 e. The van der Waals surface area contributed by atoms with E-state index in [0.717, 1.165) is 41.3 Å². The molecule has 0 aliphatic carbocycles. The van der Waals surface area contributed by atoms with Gasteiger partial charge in [-0.3, -0.25) is 9.59 Å². The number of aliphatic hydroxyl groups is 1. The first-order chi connectivity index (χ1) is 22.2. The molecule has 3 aromatic rings. The molecule has 0 spiro atoms. The van der Waals surface area contributed by atoms with Gasteiger partial charge in [-0.15, -0.1) is 0 Å². The van der Waals surface area contributed by atoms with Crippen LogP contribution < -0.4 is 19.6 Å². The van der Waals surface area contributed by atoms with Crippen molar-refractivity contribution < 1.29 is 28.9 Å². The zero-order valence-electron chi connectivity index (χ0n) is 27.6. The molecule has 0 saturated carbocycles. The van der Waals surface area contributed by atoms with Gasteiger partial charge in [0.25, 0.3) is 0 Å².